The van der Waals surface area contributed by atoms with Crippen molar-refractivity contribution in [1.29, 1.82) is 0 Å². The van der Waals surface area contributed by atoms with Gasteiger partial charge < -0.3 is 10.6 Å². The van der Waals surface area contributed by atoms with Crippen molar-refractivity contribution in [2.24, 2.45) is 0 Å². The van der Waals surface area contributed by atoms with Crippen molar-refractivity contribution < 1.29 is 14.5 Å². The van der Waals surface area contributed by atoms with Crippen LogP contribution < -0.4 is 10.6 Å². The van der Waals surface area contributed by atoms with Gasteiger partial charge in [-0.1, -0.05) is 18.2 Å². The molecule has 2 aromatic carbocycles. The fourth-order valence-electron chi connectivity index (χ4n) is 2.49. The summed E-state index contributed by atoms with van der Waals surface area (Å²) in [5.74, 6) is -0.678. The normalized spacial score (nSPS) is 10.3. The molecule has 3 rings (SSSR count). The smallest absolute Gasteiger partial charge is 0.274 e. The molecule has 0 spiro atoms. The first-order chi connectivity index (χ1) is 13.0. The van der Waals surface area contributed by atoms with Crippen LogP contribution in [0.3, 0.4) is 0 Å². The van der Waals surface area contributed by atoms with E-state index in [1.165, 1.54) is 23.5 Å². The van der Waals surface area contributed by atoms with Gasteiger partial charge >= 0.3 is 0 Å². The number of benzene rings is 2. The molecule has 0 aliphatic heterocycles. The number of hydrogen-bond donors (Lipinski definition) is 2. The number of carbonyl (C=O) groups is 2. The SMILES string of the molecule is Cc1c(NC(=O)c2cccc(NC(=O)c3cccs3)c2)cccc1[N+](=O)[O-]. The number of anilines is 2. The van der Waals surface area contributed by atoms with E-state index in [0.29, 0.717) is 27.4 Å². The summed E-state index contributed by atoms with van der Waals surface area (Å²) in [5, 5.41) is 18.3. The standard InChI is InChI=1S/C19H15N3O4S/c1-12-15(7-3-8-16(12)22(25)26)21-18(23)13-5-2-6-14(11-13)20-19(24)17-9-4-10-27-17/h2-11H,1H3,(H,20,24)(H,21,23). The van der Waals surface area contributed by atoms with Crippen molar-refractivity contribution in [3.63, 3.8) is 0 Å². The maximum atomic E-state index is 12.5. The molecular formula is C19H15N3O4S. The molecule has 1 heterocycles. The summed E-state index contributed by atoms with van der Waals surface area (Å²) in [7, 11) is 0. The van der Waals surface area contributed by atoms with E-state index in [1.54, 1.807) is 54.8 Å². The van der Waals surface area contributed by atoms with Crippen LogP contribution in [-0.4, -0.2) is 16.7 Å². The van der Waals surface area contributed by atoms with Gasteiger partial charge in [-0.05, 0) is 42.6 Å². The third-order valence-electron chi connectivity index (χ3n) is 3.88. The first kappa shape index (κ1) is 18.3. The Bertz CT molecular complexity index is 1020. The van der Waals surface area contributed by atoms with Gasteiger partial charge in [0.05, 0.1) is 21.1 Å². The Morgan fingerprint density at radius 1 is 1.00 bits per heavy atom. The van der Waals surface area contributed by atoms with E-state index >= 15 is 0 Å². The number of nitrogens with one attached hydrogen (secondary N) is 2. The third-order valence-corrected chi connectivity index (χ3v) is 4.75. The van der Waals surface area contributed by atoms with Gasteiger partial charge in [-0.2, -0.15) is 0 Å². The second-order valence-corrected chi connectivity index (χ2v) is 6.62. The number of nitrogens with zero attached hydrogens (tertiary/aromatic N) is 1. The van der Waals surface area contributed by atoms with Crippen molar-refractivity contribution in [3.8, 4) is 0 Å². The number of amides is 2. The Balaban J connectivity index is 1.77. The minimum Gasteiger partial charge on any atom is -0.321 e. The molecule has 0 radical (unpaired) electrons. The Kier molecular flexibility index (Phi) is 5.28. The molecule has 0 aliphatic rings. The number of carbonyl (C=O) groups excluding carboxylic acids is 2. The van der Waals surface area contributed by atoms with Crippen molar-refractivity contribution in [2.45, 2.75) is 6.92 Å². The molecule has 8 heteroatoms. The molecule has 3 aromatic rings. The van der Waals surface area contributed by atoms with E-state index in [2.05, 4.69) is 10.6 Å². The summed E-state index contributed by atoms with van der Waals surface area (Å²) < 4.78 is 0. The van der Waals surface area contributed by atoms with E-state index in [4.69, 9.17) is 0 Å². The van der Waals surface area contributed by atoms with E-state index in [9.17, 15) is 19.7 Å². The average Bonchev–Trinajstić information content (AvgIpc) is 3.18. The van der Waals surface area contributed by atoms with Crippen LogP contribution >= 0.6 is 11.3 Å². The highest BCUT2D eigenvalue weighted by Gasteiger charge is 2.16. The maximum Gasteiger partial charge on any atom is 0.274 e. The van der Waals surface area contributed by atoms with Crippen LogP contribution in [0.4, 0.5) is 17.1 Å². The summed E-state index contributed by atoms with van der Waals surface area (Å²) in [6.45, 7) is 1.57. The lowest BCUT2D eigenvalue weighted by Gasteiger charge is -2.10. The fraction of sp³-hybridized carbons (Fsp3) is 0.0526. The van der Waals surface area contributed by atoms with Crippen LogP contribution in [0.15, 0.2) is 60.0 Å². The van der Waals surface area contributed by atoms with Gasteiger partial charge in [0.15, 0.2) is 0 Å². The van der Waals surface area contributed by atoms with Crippen LogP contribution in [0.5, 0.6) is 0 Å². The topological polar surface area (TPSA) is 101 Å². The second kappa shape index (κ2) is 7.79. The lowest BCUT2D eigenvalue weighted by molar-refractivity contribution is -0.385. The first-order valence-electron chi connectivity index (χ1n) is 7.96. The quantitative estimate of drug-likeness (QED) is 0.503. The Labute approximate surface area is 158 Å². The summed E-state index contributed by atoms with van der Waals surface area (Å²) in [4.78, 5) is 35.8. The molecule has 2 N–H and O–H groups in total. The number of nitro groups is 1. The number of rotatable bonds is 5. The molecule has 1 aromatic heterocycles. The van der Waals surface area contributed by atoms with Gasteiger partial charge in [-0.3, -0.25) is 19.7 Å². The molecule has 0 saturated carbocycles. The highest BCUT2D eigenvalue weighted by atomic mass is 32.1. The molecule has 7 nitrogen and oxygen atoms in total. The predicted octanol–water partition coefficient (Wildman–Crippen LogP) is 4.47. The van der Waals surface area contributed by atoms with Crippen molar-refractivity contribution in [2.75, 3.05) is 10.6 Å². The average molecular weight is 381 g/mol. The molecular weight excluding hydrogens is 366 g/mol. The number of nitro benzene ring substituents is 1. The highest BCUT2D eigenvalue weighted by Crippen LogP contribution is 2.25. The molecule has 0 unspecified atom stereocenters. The van der Waals surface area contributed by atoms with Crippen LogP contribution in [0, 0.1) is 17.0 Å². The third kappa shape index (κ3) is 4.18. The summed E-state index contributed by atoms with van der Waals surface area (Å²) in [5.41, 5.74) is 1.48. The first-order valence-corrected chi connectivity index (χ1v) is 8.84. The van der Waals surface area contributed by atoms with Crippen molar-refractivity contribution in [3.05, 3.63) is 86.1 Å². The van der Waals surface area contributed by atoms with E-state index < -0.39 is 10.8 Å². The van der Waals surface area contributed by atoms with Gasteiger partial charge in [0.1, 0.15) is 0 Å². The van der Waals surface area contributed by atoms with E-state index in [1.807, 2.05) is 0 Å². The zero-order valence-corrected chi connectivity index (χ0v) is 15.1. The Morgan fingerprint density at radius 2 is 1.78 bits per heavy atom. The summed E-state index contributed by atoms with van der Waals surface area (Å²) in [6.07, 6.45) is 0. The molecule has 27 heavy (non-hydrogen) atoms. The zero-order valence-electron chi connectivity index (χ0n) is 14.3. The van der Waals surface area contributed by atoms with Crippen LogP contribution in [0.25, 0.3) is 0 Å². The highest BCUT2D eigenvalue weighted by molar-refractivity contribution is 7.12. The minimum absolute atomic E-state index is 0.0650. The molecule has 0 aliphatic carbocycles. The van der Waals surface area contributed by atoms with Gasteiger partial charge in [-0.15, -0.1) is 11.3 Å². The van der Waals surface area contributed by atoms with Crippen LogP contribution in [0.1, 0.15) is 25.6 Å². The predicted molar refractivity (Wildman–Crippen MR) is 105 cm³/mol. The maximum absolute atomic E-state index is 12.5. The van der Waals surface area contributed by atoms with Crippen molar-refractivity contribution in [1.82, 2.24) is 0 Å². The van der Waals surface area contributed by atoms with E-state index in [0.717, 1.165) is 0 Å². The number of thiophene rings is 1. The number of hydrogen-bond acceptors (Lipinski definition) is 5. The van der Waals surface area contributed by atoms with Gasteiger partial charge in [-0.25, -0.2) is 0 Å². The van der Waals surface area contributed by atoms with Crippen LogP contribution in [0.2, 0.25) is 0 Å². The van der Waals surface area contributed by atoms with E-state index in [-0.39, 0.29) is 11.6 Å². The molecule has 136 valence electrons. The lowest BCUT2D eigenvalue weighted by atomic mass is 10.1. The van der Waals surface area contributed by atoms with Gasteiger partial charge in [0.25, 0.3) is 17.5 Å². The minimum atomic E-state index is -0.494. The monoisotopic (exact) mass is 381 g/mol. The van der Waals surface area contributed by atoms with Gasteiger partial charge in [0, 0.05) is 17.3 Å². The van der Waals surface area contributed by atoms with Crippen LogP contribution in [-0.2, 0) is 0 Å². The molecule has 0 fully saturated rings. The molecule has 2 amide bonds. The summed E-state index contributed by atoms with van der Waals surface area (Å²) >= 11 is 1.32. The van der Waals surface area contributed by atoms with Crippen molar-refractivity contribution >= 4 is 40.2 Å². The fourth-order valence-corrected chi connectivity index (χ4v) is 3.11. The largest absolute Gasteiger partial charge is 0.321 e. The summed E-state index contributed by atoms with van der Waals surface area (Å²) in [6, 6.07) is 14.5. The lowest BCUT2D eigenvalue weighted by Crippen LogP contribution is -2.15. The van der Waals surface area contributed by atoms with Gasteiger partial charge in [0.2, 0.25) is 0 Å². The zero-order chi connectivity index (χ0) is 19.4. The molecule has 0 bridgehead atoms. The molecule has 0 atom stereocenters. The molecule has 0 saturated heterocycles. The Morgan fingerprint density at radius 3 is 2.48 bits per heavy atom. The second-order valence-electron chi connectivity index (χ2n) is 5.67. The Hall–Kier alpha value is -3.52.